The third-order valence-electron chi connectivity index (χ3n) is 3.72. The summed E-state index contributed by atoms with van der Waals surface area (Å²) in [5, 5.41) is 2.58. The minimum Gasteiger partial charge on any atom is -0.359 e. The van der Waals surface area contributed by atoms with Crippen LogP contribution >= 0.6 is 0 Å². The molecule has 6 heteroatoms. The van der Waals surface area contributed by atoms with Gasteiger partial charge < -0.3 is 5.32 Å². The zero-order valence-corrected chi connectivity index (χ0v) is 12.8. The number of rotatable bonds is 3. The second-order valence-electron chi connectivity index (χ2n) is 5.23. The van der Waals surface area contributed by atoms with Gasteiger partial charge in [-0.05, 0) is 31.9 Å². The first-order valence-electron chi connectivity index (χ1n) is 6.65. The number of sulfonamides is 1. The Morgan fingerprint density at radius 1 is 1.35 bits per heavy atom. The van der Waals surface area contributed by atoms with Crippen molar-refractivity contribution in [3.05, 3.63) is 29.3 Å². The van der Waals surface area contributed by atoms with Crippen molar-refractivity contribution in [2.75, 3.05) is 20.1 Å². The Hall–Kier alpha value is -1.40. The fraction of sp³-hybridized carbons (Fsp3) is 0.500. The highest BCUT2D eigenvalue weighted by Crippen LogP contribution is 2.26. The second-order valence-corrected chi connectivity index (χ2v) is 7.14. The molecule has 110 valence electrons. The van der Waals surface area contributed by atoms with E-state index in [9.17, 15) is 13.2 Å². The Bertz CT molecular complexity index is 625. The summed E-state index contributed by atoms with van der Waals surface area (Å²) >= 11 is 0. The van der Waals surface area contributed by atoms with Crippen LogP contribution in [0.15, 0.2) is 23.1 Å². The molecule has 2 rings (SSSR count). The molecule has 1 unspecified atom stereocenters. The van der Waals surface area contributed by atoms with Crippen molar-refractivity contribution in [1.82, 2.24) is 9.62 Å². The summed E-state index contributed by atoms with van der Waals surface area (Å²) in [7, 11) is -1.93. The number of carbonyl (C=O) groups is 1. The lowest BCUT2D eigenvalue weighted by Crippen LogP contribution is -2.33. The van der Waals surface area contributed by atoms with Crippen molar-refractivity contribution in [3.8, 4) is 0 Å². The van der Waals surface area contributed by atoms with Gasteiger partial charge in [0.2, 0.25) is 15.9 Å². The lowest BCUT2D eigenvalue weighted by molar-refractivity contribution is -0.123. The number of benzene rings is 1. The standard InChI is InChI=1S/C14H20N2O3S/c1-10-4-5-13(11(2)8-10)20(18,19)16-7-6-12(9-16)14(17)15-3/h4-5,8,12H,6-7,9H2,1-3H3,(H,15,17). The highest BCUT2D eigenvalue weighted by atomic mass is 32.2. The molecule has 0 aromatic heterocycles. The minimum absolute atomic E-state index is 0.0941. The van der Waals surface area contributed by atoms with Gasteiger partial charge in [0.05, 0.1) is 10.8 Å². The van der Waals surface area contributed by atoms with Crippen molar-refractivity contribution in [2.24, 2.45) is 5.92 Å². The predicted octanol–water partition coefficient (Wildman–Crippen LogP) is 1.06. The van der Waals surface area contributed by atoms with Gasteiger partial charge in [-0.15, -0.1) is 0 Å². The number of aryl methyl sites for hydroxylation is 2. The number of nitrogens with one attached hydrogen (secondary N) is 1. The molecule has 0 saturated carbocycles. The molecular formula is C14H20N2O3S. The summed E-state index contributed by atoms with van der Waals surface area (Å²) in [6, 6.07) is 5.30. The van der Waals surface area contributed by atoms with Gasteiger partial charge in [0, 0.05) is 20.1 Å². The maximum atomic E-state index is 12.6. The van der Waals surface area contributed by atoms with Crippen LogP contribution in [0.2, 0.25) is 0 Å². The smallest absolute Gasteiger partial charge is 0.243 e. The molecule has 1 atom stereocenters. The van der Waals surface area contributed by atoms with Crippen molar-refractivity contribution < 1.29 is 13.2 Å². The molecule has 1 fully saturated rings. The molecule has 1 aromatic carbocycles. The summed E-state index contributed by atoms with van der Waals surface area (Å²) in [5.41, 5.74) is 1.78. The molecule has 1 aliphatic heterocycles. The van der Waals surface area contributed by atoms with E-state index in [1.54, 1.807) is 26.1 Å². The van der Waals surface area contributed by atoms with Gasteiger partial charge in [0.25, 0.3) is 0 Å². The highest BCUT2D eigenvalue weighted by Gasteiger charge is 2.35. The van der Waals surface area contributed by atoms with Crippen LogP contribution in [0.1, 0.15) is 17.5 Å². The van der Waals surface area contributed by atoms with E-state index in [1.165, 1.54) is 4.31 Å². The molecule has 1 heterocycles. The summed E-state index contributed by atoms with van der Waals surface area (Å²) < 4.78 is 26.6. The zero-order valence-electron chi connectivity index (χ0n) is 12.0. The van der Waals surface area contributed by atoms with Crippen LogP contribution in [0.5, 0.6) is 0 Å². The van der Waals surface area contributed by atoms with Gasteiger partial charge >= 0.3 is 0 Å². The zero-order chi connectivity index (χ0) is 14.9. The van der Waals surface area contributed by atoms with E-state index in [1.807, 2.05) is 13.0 Å². The maximum Gasteiger partial charge on any atom is 0.243 e. The first-order valence-corrected chi connectivity index (χ1v) is 8.09. The molecule has 5 nitrogen and oxygen atoms in total. The minimum atomic E-state index is -3.51. The maximum absolute atomic E-state index is 12.6. The van der Waals surface area contributed by atoms with Crippen LogP contribution in [-0.2, 0) is 14.8 Å². The fourth-order valence-electron chi connectivity index (χ4n) is 2.59. The largest absolute Gasteiger partial charge is 0.359 e. The Labute approximate surface area is 120 Å². The molecule has 1 amide bonds. The van der Waals surface area contributed by atoms with Gasteiger partial charge in [0.15, 0.2) is 0 Å². The topological polar surface area (TPSA) is 66.5 Å². The van der Waals surface area contributed by atoms with Gasteiger partial charge in [0.1, 0.15) is 0 Å². The molecule has 0 radical (unpaired) electrons. The number of hydrogen-bond donors (Lipinski definition) is 1. The van der Waals surface area contributed by atoms with Crippen LogP contribution in [0.4, 0.5) is 0 Å². The second kappa shape index (κ2) is 5.54. The van der Waals surface area contributed by atoms with Crippen molar-refractivity contribution in [2.45, 2.75) is 25.2 Å². The molecule has 0 aliphatic carbocycles. The molecule has 20 heavy (non-hydrogen) atoms. The van der Waals surface area contributed by atoms with Gasteiger partial charge in [-0.25, -0.2) is 8.42 Å². The third kappa shape index (κ3) is 2.71. The van der Waals surface area contributed by atoms with E-state index in [-0.39, 0.29) is 18.4 Å². The van der Waals surface area contributed by atoms with Gasteiger partial charge in [-0.3, -0.25) is 4.79 Å². The van der Waals surface area contributed by atoms with Gasteiger partial charge in [-0.2, -0.15) is 4.31 Å². The summed E-state index contributed by atoms with van der Waals surface area (Å²) in [6.45, 7) is 4.39. The van der Waals surface area contributed by atoms with E-state index >= 15 is 0 Å². The van der Waals surface area contributed by atoms with Crippen LogP contribution in [0, 0.1) is 19.8 Å². The van der Waals surface area contributed by atoms with Gasteiger partial charge in [-0.1, -0.05) is 17.7 Å². The monoisotopic (exact) mass is 296 g/mol. The fourth-order valence-corrected chi connectivity index (χ4v) is 4.30. The molecule has 1 N–H and O–H groups in total. The number of hydrogen-bond acceptors (Lipinski definition) is 3. The average molecular weight is 296 g/mol. The van der Waals surface area contributed by atoms with E-state index < -0.39 is 10.0 Å². The summed E-state index contributed by atoms with van der Waals surface area (Å²) in [5.74, 6) is -0.344. The Kier molecular flexibility index (Phi) is 4.15. The average Bonchev–Trinajstić information content (AvgIpc) is 2.87. The molecular weight excluding hydrogens is 276 g/mol. The van der Waals surface area contributed by atoms with E-state index in [4.69, 9.17) is 0 Å². The van der Waals surface area contributed by atoms with E-state index in [0.29, 0.717) is 17.9 Å². The van der Waals surface area contributed by atoms with E-state index in [0.717, 1.165) is 11.1 Å². The number of carbonyl (C=O) groups excluding carboxylic acids is 1. The summed E-state index contributed by atoms with van der Waals surface area (Å²) in [4.78, 5) is 11.9. The lowest BCUT2D eigenvalue weighted by atomic mass is 10.1. The normalized spacial score (nSPS) is 20.1. The summed E-state index contributed by atoms with van der Waals surface area (Å²) in [6.07, 6.45) is 0.573. The Morgan fingerprint density at radius 2 is 2.05 bits per heavy atom. The molecule has 1 aliphatic rings. The van der Waals surface area contributed by atoms with Crippen LogP contribution in [-0.4, -0.2) is 38.8 Å². The van der Waals surface area contributed by atoms with Crippen LogP contribution in [0.3, 0.4) is 0 Å². The Balaban J connectivity index is 2.26. The first-order chi connectivity index (χ1) is 9.36. The molecule has 0 spiro atoms. The van der Waals surface area contributed by atoms with Crippen LogP contribution in [0.25, 0.3) is 0 Å². The van der Waals surface area contributed by atoms with E-state index in [2.05, 4.69) is 5.32 Å². The molecule has 1 saturated heterocycles. The van der Waals surface area contributed by atoms with Crippen molar-refractivity contribution in [1.29, 1.82) is 0 Å². The molecule has 0 bridgehead atoms. The Morgan fingerprint density at radius 3 is 2.65 bits per heavy atom. The third-order valence-corrected chi connectivity index (χ3v) is 5.74. The van der Waals surface area contributed by atoms with Crippen LogP contribution < -0.4 is 5.32 Å². The lowest BCUT2D eigenvalue weighted by Gasteiger charge is -2.18. The molecule has 1 aromatic rings. The number of nitrogens with zero attached hydrogens (tertiary/aromatic N) is 1. The van der Waals surface area contributed by atoms with Crippen molar-refractivity contribution >= 4 is 15.9 Å². The highest BCUT2D eigenvalue weighted by molar-refractivity contribution is 7.89. The quantitative estimate of drug-likeness (QED) is 0.907. The SMILES string of the molecule is CNC(=O)C1CCN(S(=O)(=O)c2ccc(C)cc2C)C1. The van der Waals surface area contributed by atoms with Crippen molar-refractivity contribution in [3.63, 3.8) is 0 Å². The first kappa shape index (κ1) is 15.0. The number of amides is 1. The predicted molar refractivity (Wildman–Crippen MR) is 76.8 cm³/mol.